The molecule has 2 atom stereocenters. The number of hydrogen-bond acceptors (Lipinski definition) is 5. The smallest absolute Gasteiger partial charge is 0.417 e. The third-order valence-electron chi connectivity index (χ3n) is 2.17. The minimum atomic E-state index is -4.63. The number of halogens is 3. The molecule has 0 saturated heterocycles. The van der Waals surface area contributed by atoms with Crippen molar-refractivity contribution in [3.05, 3.63) is 29.6 Å². The molecule has 1 rings (SSSR count). The molecule has 18 heavy (non-hydrogen) atoms. The molecule has 1 aromatic heterocycles. The van der Waals surface area contributed by atoms with Gasteiger partial charge in [0, 0.05) is 18.0 Å². The van der Waals surface area contributed by atoms with Gasteiger partial charge >= 0.3 is 12.1 Å². The molecule has 8 heteroatoms. The molecule has 1 heterocycles. The maximum atomic E-state index is 12.4. The Labute approximate surface area is 99.8 Å². The SMILES string of the molecule is COC(=O)C(O)C(O)c1cncc(C(F)(F)F)c1. The fourth-order valence-corrected chi connectivity index (χ4v) is 1.21. The topological polar surface area (TPSA) is 79.7 Å². The van der Waals surface area contributed by atoms with E-state index in [-0.39, 0.29) is 5.56 Å². The summed E-state index contributed by atoms with van der Waals surface area (Å²) < 4.78 is 41.3. The second kappa shape index (κ2) is 5.32. The van der Waals surface area contributed by atoms with Crippen LogP contribution in [-0.4, -0.2) is 34.4 Å². The van der Waals surface area contributed by atoms with Crippen molar-refractivity contribution in [1.29, 1.82) is 0 Å². The molecule has 100 valence electrons. The maximum Gasteiger partial charge on any atom is 0.417 e. The highest BCUT2D eigenvalue weighted by atomic mass is 19.4. The average molecular weight is 265 g/mol. The number of esters is 1. The van der Waals surface area contributed by atoms with Crippen molar-refractivity contribution in [3.63, 3.8) is 0 Å². The van der Waals surface area contributed by atoms with E-state index in [2.05, 4.69) is 9.72 Å². The molecule has 0 bridgehead atoms. The number of aliphatic hydroxyl groups excluding tert-OH is 2. The summed E-state index contributed by atoms with van der Waals surface area (Å²) in [4.78, 5) is 14.2. The molecule has 0 radical (unpaired) electrons. The summed E-state index contributed by atoms with van der Waals surface area (Å²) in [6.07, 6.45) is -6.95. The van der Waals surface area contributed by atoms with Crippen LogP contribution in [0.2, 0.25) is 0 Å². The van der Waals surface area contributed by atoms with Gasteiger partial charge in [-0.05, 0) is 6.07 Å². The van der Waals surface area contributed by atoms with Gasteiger partial charge in [-0.3, -0.25) is 4.98 Å². The van der Waals surface area contributed by atoms with Crippen LogP contribution in [-0.2, 0) is 15.7 Å². The van der Waals surface area contributed by atoms with E-state index in [0.29, 0.717) is 12.3 Å². The van der Waals surface area contributed by atoms with E-state index >= 15 is 0 Å². The van der Waals surface area contributed by atoms with Crippen molar-refractivity contribution in [2.75, 3.05) is 7.11 Å². The lowest BCUT2D eigenvalue weighted by molar-refractivity contribution is -0.156. The van der Waals surface area contributed by atoms with E-state index in [1.165, 1.54) is 0 Å². The average Bonchev–Trinajstić information content (AvgIpc) is 2.35. The number of nitrogens with zero attached hydrogens (tertiary/aromatic N) is 1. The molecule has 0 aliphatic rings. The van der Waals surface area contributed by atoms with Crippen molar-refractivity contribution in [2.24, 2.45) is 0 Å². The van der Waals surface area contributed by atoms with E-state index in [4.69, 9.17) is 0 Å². The van der Waals surface area contributed by atoms with Gasteiger partial charge in [-0.2, -0.15) is 13.2 Å². The monoisotopic (exact) mass is 265 g/mol. The van der Waals surface area contributed by atoms with Crippen molar-refractivity contribution >= 4 is 5.97 Å². The molecule has 0 aliphatic heterocycles. The Morgan fingerprint density at radius 1 is 1.39 bits per heavy atom. The minimum absolute atomic E-state index is 0.331. The summed E-state index contributed by atoms with van der Waals surface area (Å²) in [6.45, 7) is 0. The highest BCUT2D eigenvalue weighted by molar-refractivity contribution is 5.75. The Bertz CT molecular complexity index is 435. The van der Waals surface area contributed by atoms with Crippen LogP contribution in [0.25, 0.3) is 0 Å². The van der Waals surface area contributed by atoms with Gasteiger partial charge in [-0.1, -0.05) is 0 Å². The first-order valence-electron chi connectivity index (χ1n) is 4.73. The first kappa shape index (κ1) is 14.4. The Morgan fingerprint density at radius 2 is 2.00 bits per heavy atom. The highest BCUT2D eigenvalue weighted by Gasteiger charge is 2.33. The number of carbonyl (C=O) groups excluding carboxylic acids is 1. The molecule has 0 fully saturated rings. The summed E-state index contributed by atoms with van der Waals surface area (Å²) in [5.74, 6) is -1.15. The van der Waals surface area contributed by atoms with Crippen LogP contribution in [0, 0.1) is 0 Å². The predicted octanol–water partition coefficient (Wildman–Crippen LogP) is 0.668. The van der Waals surface area contributed by atoms with Gasteiger partial charge in [0.05, 0.1) is 12.7 Å². The number of ether oxygens (including phenoxy) is 1. The van der Waals surface area contributed by atoms with E-state index in [1.54, 1.807) is 0 Å². The summed E-state index contributed by atoms with van der Waals surface area (Å²) in [7, 11) is 0.975. The van der Waals surface area contributed by atoms with Gasteiger partial charge in [-0.25, -0.2) is 4.79 Å². The Morgan fingerprint density at radius 3 is 2.50 bits per heavy atom. The molecule has 5 nitrogen and oxygen atoms in total. The third-order valence-corrected chi connectivity index (χ3v) is 2.17. The Hall–Kier alpha value is -1.67. The van der Waals surface area contributed by atoms with Gasteiger partial charge in [0.2, 0.25) is 0 Å². The summed E-state index contributed by atoms with van der Waals surface area (Å²) in [5.41, 5.74) is -1.42. The van der Waals surface area contributed by atoms with E-state index in [1.807, 2.05) is 0 Å². The molecular formula is C10H10F3NO4. The largest absolute Gasteiger partial charge is 0.467 e. The molecule has 2 N–H and O–H groups in total. The van der Waals surface area contributed by atoms with Gasteiger partial charge in [0.25, 0.3) is 0 Å². The molecule has 0 saturated carbocycles. The highest BCUT2D eigenvalue weighted by Crippen LogP contribution is 2.30. The summed E-state index contributed by atoms with van der Waals surface area (Å²) in [6, 6.07) is 0.601. The van der Waals surface area contributed by atoms with Gasteiger partial charge < -0.3 is 14.9 Å². The van der Waals surface area contributed by atoms with Crippen molar-refractivity contribution in [1.82, 2.24) is 4.98 Å². The van der Waals surface area contributed by atoms with E-state index in [9.17, 15) is 28.2 Å². The van der Waals surface area contributed by atoms with E-state index in [0.717, 1.165) is 13.3 Å². The lowest BCUT2D eigenvalue weighted by Crippen LogP contribution is -2.29. The van der Waals surface area contributed by atoms with Crippen molar-refractivity contribution in [3.8, 4) is 0 Å². The number of aliphatic hydroxyl groups is 2. The lowest BCUT2D eigenvalue weighted by atomic mass is 10.0. The van der Waals surface area contributed by atoms with Gasteiger partial charge in [0.15, 0.2) is 6.10 Å². The van der Waals surface area contributed by atoms with Gasteiger partial charge in [-0.15, -0.1) is 0 Å². The summed E-state index contributed by atoms with van der Waals surface area (Å²) in [5, 5.41) is 18.8. The van der Waals surface area contributed by atoms with Crippen LogP contribution in [0.4, 0.5) is 13.2 Å². The van der Waals surface area contributed by atoms with Crippen LogP contribution >= 0.6 is 0 Å². The molecule has 0 aromatic carbocycles. The molecule has 0 aliphatic carbocycles. The van der Waals surface area contributed by atoms with Crippen LogP contribution in [0.5, 0.6) is 0 Å². The number of carbonyl (C=O) groups is 1. The van der Waals surface area contributed by atoms with Crippen LogP contribution in [0.3, 0.4) is 0 Å². The number of rotatable bonds is 3. The fraction of sp³-hybridized carbons (Fsp3) is 0.400. The summed E-state index contributed by atoms with van der Waals surface area (Å²) >= 11 is 0. The number of alkyl halides is 3. The Balaban J connectivity index is 3.00. The maximum absolute atomic E-state index is 12.4. The fourth-order valence-electron chi connectivity index (χ4n) is 1.21. The van der Waals surface area contributed by atoms with Crippen LogP contribution < -0.4 is 0 Å². The first-order chi connectivity index (χ1) is 8.27. The zero-order chi connectivity index (χ0) is 13.9. The normalized spacial score (nSPS) is 15.0. The predicted molar refractivity (Wildman–Crippen MR) is 52.2 cm³/mol. The minimum Gasteiger partial charge on any atom is -0.467 e. The lowest BCUT2D eigenvalue weighted by Gasteiger charge is -2.16. The molecule has 1 aromatic rings. The second-order valence-electron chi connectivity index (χ2n) is 3.42. The second-order valence-corrected chi connectivity index (χ2v) is 3.42. The van der Waals surface area contributed by atoms with Crippen molar-refractivity contribution in [2.45, 2.75) is 18.4 Å². The van der Waals surface area contributed by atoms with Crippen molar-refractivity contribution < 1.29 is 32.9 Å². The van der Waals surface area contributed by atoms with Crippen LogP contribution in [0.1, 0.15) is 17.2 Å². The zero-order valence-corrected chi connectivity index (χ0v) is 9.18. The standard InChI is InChI=1S/C10H10F3NO4/c1-18-9(17)8(16)7(15)5-2-6(4-14-3-5)10(11,12)13/h2-4,7-8,15-16H,1H3. The quantitative estimate of drug-likeness (QED) is 0.785. The molecule has 2 unspecified atom stereocenters. The van der Waals surface area contributed by atoms with Gasteiger partial charge in [0.1, 0.15) is 6.10 Å². The first-order valence-corrected chi connectivity index (χ1v) is 4.73. The molecular weight excluding hydrogens is 255 g/mol. The molecule has 0 spiro atoms. The van der Waals surface area contributed by atoms with Crippen LogP contribution in [0.15, 0.2) is 18.5 Å². The zero-order valence-electron chi connectivity index (χ0n) is 9.18. The number of methoxy groups -OCH3 is 1. The third kappa shape index (κ3) is 3.17. The Kier molecular flexibility index (Phi) is 4.25. The number of aromatic nitrogens is 1. The number of hydrogen-bond donors (Lipinski definition) is 2. The molecule has 0 amide bonds. The number of pyridine rings is 1. The van der Waals surface area contributed by atoms with E-state index < -0.39 is 29.9 Å².